The van der Waals surface area contributed by atoms with E-state index in [0.717, 1.165) is 39.0 Å². The third kappa shape index (κ3) is 2.52. The molecule has 5 heteroatoms. The van der Waals surface area contributed by atoms with Crippen molar-refractivity contribution >= 4 is 23.1 Å². The molecule has 2 aliphatic rings. The van der Waals surface area contributed by atoms with Crippen molar-refractivity contribution in [3.8, 4) is 0 Å². The molecule has 1 amide bonds. The molecule has 102 valence electrons. The Balaban J connectivity index is 2.09. The Labute approximate surface area is 114 Å². The van der Waals surface area contributed by atoms with E-state index >= 15 is 0 Å². The summed E-state index contributed by atoms with van der Waals surface area (Å²) in [4.78, 5) is 16.4. The molecule has 2 aliphatic heterocycles. The minimum Gasteiger partial charge on any atom is -0.392 e. The van der Waals surface area contributed by atoms with Gasteiger partial charge in [-0.25, -0.2) is 0 Å². The number of likely N-dealkylation sites (tertiary alicyclic amines) is 2. The van der Waals surface area contributed by atoms with Crippen LogP contribution in [0.25, 0.3) is 0 Å². The molecule has 0 aromatic carbocycles. The van der Waals surface area contributed by atoms with Gasteiger partial charge in [-0.05, 0) is 38.8 Å². The van der Waals surface area contributed by atoms with Crippen molar-refractivity contribution in [2.75, 3.05) is 26.2 Å². The second-order valence-corrected chi connectivity index (χ2v) is 5.89. The Bertz CT molecular complexity index is 331. The number of thiocarbonyl (C=S) groups is 1. The maximum absolute atomic E-state index is 11.4. The van der Waals surface area contributed by atoms with Crippen LogP contribution in [0.4, 0.5) is 0 Å². The maximum Gasteiger partial charge on any atom is 0.219 e. The molecule has 0 radical (unpaired) electrons. The summed E-state index contributed by atoms with van der Waals surface area (Å²) >= 11 is 5.35. The quantitative estimate of drug-likeness (QED) is 0.764. The lowest BCUT2D eigenvalue weighted by molar-refractivity contribution is -0.130. The first-order chi connectivity index (χ1) is 8.56. The Morgan fingerprint density at radius 2 is 1.67 bits per heavy atom. The summed E-state index contributed by atoms with van der Waals surface area (Å²) in [5.74, 6) is 0.158. The van der Waals surface area contributed by atoms with Crippen molar-refractivity contribution in [1.29, 1.82) is 0 Å². The number of nitrogens with zero attached hydrogens (tertiary/aromatic N) is 2. The number of carbonyl (C=O) groups is 1. The van der Waals surface area contributed by atoms with E-state index in [1.165, 1.54) is 19.3 Å². The summed E-state index contributed by atoms with van der Waals surface area (Å²) in [6.07, 6.45) is 5.56. The molecule has 0 unspecified atom stereocenters. The second-order valence-electron chi connectivity index (χ2n) is 5.45. The highest BCUT2D eigenvalue weighted by molar-refractivity contribution is 7.80. The van der Waals surface area contributed by atoms with E-state index in [-0.39, 0.29) is 11.4 Å². The highest BCUT2D eigenvalue weighted by Gasteiger charge is 2.43. The predicted octanol–water partition coefficient (Wildman–Crippen LogP) is 1.14. The van der Waals surface area contributed by atoms with Gasteiger partial charge in [-0.1, -0.05) is 18.6 Å². The molecule has 0 aromatic rings. The number of carbonyl (C=O) groups excluding carboxylic acids is 1. The van der Waals surface area contributed by atoms with Gasteiger partial charge in [0.2, 0.25) is 5.91 Å². The molecule has 2 fully saturated rings. The van der Waals surface area contributed by atoms with Gasteiger partial charge in [-0.3, -0.25) is 9.69 Å². The van der Waals surface area contributed by atoms with Gasteiger partial charge in [-0.15, -0.1) is 0 Å². The average molecular weight is 269 g/mol. The van der Waals surface area contributed by atoms with Crippen LogP contribution in [-0.2, 0) is 4.79 Å². The van der Waals surface area contributed by atoms with E-state index in [1.807, 2.05) is 4.90 Å². The van der Waals surface area contributed by atoms with E-state index in [0.29, 0.717) is 4.99 Å². The molecule has 0 bridgehead atoms. The zero-order chi connectivity index (χ0) is 13.2. The fraction of sp³-hybridized carbons (Fsp3) is 0.846. The van der Waals surface area contributed by atoms with E-state index < -0.39 is 0 Å². The van der Waals surface area contributed by atoms with Gasteiger partial charge in [0.25, 0.3) is 0 Å². The first kappa shape index (κ1) is 13.7. The Kier molecular flexibility index (Phi) is 4.22. The molecule has 2 rings (SSSR count). The summed E-state index contributed by atoms with van der Waals surface area (Å²) in [5.41, 5.74) is 5.90. The number of nitrogens with two attached hydrogens (primary N) is 1. The maximum atomic E-state index is 11.4. The summed E-state index contributed by atoms with van der Waals surface area (Å²) in [5, 5.41) is 0. The Morgan fingerprint density at radius 1 is 1.11 bits per heavy atom. The van der Waals surface area contributed by atoms with Gasteiger partial charge < -0.3 is 10.6 Å². The standard InChI is InChI=1S/C13H23N3OS/c1-11(17)15-9-5-13(6-10-15,12(14)18)16-7-3-2-4-8-16/h2-10H2,1H3,(H2,14,18). The fourth-order valence-corrected chi connectivity index (χ4v) is 3.57. The zero-order valence-corrected chi connectivity index (χ0v) is 12.0. The molecular formula is C13H23N3OS. The zero-order valence-electron chi connectivity index (χ0n) is 11.2. The van der Waals surface area contributed by atoms with E-state index in [4.69, 9.17) is 18.0 Å². The summed E-state index contributed by atoms with van der Waals surface area (Å²) in [6, 6.07) is 0. The molecule has 2 N–H and O–H groups in total. The Morgan fingerprint density at radius 3 is 2.11 bits per heavy atom. The molecule has 0 atom stereocenters. The van der Waals surface area contributed by atoms with E-state index in [9.17, 15) is 4.79 Å². The third-order valence-electron chi connectivity index (χ3n) is 4.46. The van der Waals surface area contributed by atoms with Gasteiger partial charge in [0, 0.05) is 20.0 Å². The minimum absolute atomic E-state index is 0.137. The highest BCUT2D eigenvalue weighted by Crippen LogP contribution is 2.32. The number of amides is 1. The molecule has 2 saturated heterocycles. The number of hydrogen-bond acceptors (Lipinski definition) is 3. The van der Waals surface area contributed by atoms with Crippen molar-refractivity contribution in [2.24, 2.45) is 5.73 Å². The number of rotatable bonds is 2. The van der Waals surface area contributed by atoms with Gasteiger partial charge >= 0.3 is 0 Å². The van der Waals surface area contributed by atoms with Crippen LogP contribution in [-0.4, -0.2) is 52.4 Å². The van der Waals surface area contributed by atoms with Crippen LogP contribution < -0.4 is 5.73 Å². The molecule has 0 saturated carbocycles. The highest BCUT2D eigenvalue weighted by atomic mass is 32.1. The normalized spacial score (nSPS) is 24.8. The second kappa shape index (κ2) is 5.53. The van der Waals surface area contributed by atoms with Gasteiger partial charge in [0.1, 0.15) is 0 Å². The lowest BCUT2D eigenvalue weighted by Gasteiger charge is -2.49. The van der Waals surface area contributed by atoms with Crippen LogP contribution in [0.15, 0.2) is 0 Å². The van der Waals surface area contributed by atoms with Crippen LogP contribution in [0, 0.1) is 0 Å². The number of piperidine rings is 2. The molecule has 0 aliphatic carbocycles. The van der Waals surface area contributed by atoms with E-state index in [2.05, 4.69) is 4.90 Å². The van der Waals surface area contributed by atoms with Crippen molar-refractivity contribution in [2.45, 2.75) is 44.6 Å². The van der Waals surface area contributed by atoms with Crippen LogP contribution in [0.5, 0.6) is 0 Å². The van der Waals surface area contributed by atoms with Crippen LogP contribution in [0.3, 0.4) is 0 Å². The molecule has 4 nitrogen and oxygen atoms in total. The smallest absolute Gasteiger partial charge is 0.219 e. The summed E-state index contributed by atoms with van der Waals surface area (Å²) < 4.78 is 0. The SMILES string of the molecule is CC(=O)N1CCC(C(N)=S)(N2CCCCC2)CC1. The summed E-state index contributed by atoms with van der Waals surface area (Å²) in [7, 11) is 0. The molecular weight excluding hydrogens is 246 g/mol. The fourth-order valence-electron chi connectivity index (χ4n) is 3.23. The minimum atomic E-state index is -0.137. The first-order valence-corrected chi connectivity index (χ1v) is 7.27. The van der Waals surface area contributed by atoms with Gasteiger partial charge in [0.05, 0.1) is 10.5 Å². The monoisotopic (exact) mass is 269 g/mol. The Hall–Kier alpha value is -0.680. The van der Waals surface area contributed by atoms with Crippen molar-refractivity contribution in [1.82, 2.24) is 9.80 Å². The number of hydrogen-bond donors (Lipinski definition) is 1. The van der Waals surface area contributed by atoms with Gasteiger partial charge in [-0.2, -0.15) is 0 Å². The molecule has 18 heavy (non-hydrogen) atoms. The topological polar surface area (TPSA) is 49.6 Å². The first-order valence-electron chi connectivity index (χ1n) is 6.87. The van der Waals surface area contributed by atoms with Gasteiger partial charge in [0.15, 0.2) is 0 Å². The average Bonchev–Trinajstić information content (AvgIpc) is 2.39. The van der Waals surface area contributed by atoms with Crippen molar-refractivity contribution < 1.29 is 4.79 Å². The lowest BCUT2D eigenvalue weighted by atomic mass is 9.84. The summed E-state index contributed by atoms with van der Waals surface area (Å²) in [6.45, 7) is 5.38. The van der Waals surface area contributed by atoms with Crippen molar-refractivity contribution in [3.63, 3.8) is 0 Å². The largest absolute Gasteiger partial charge is 0.392 e. The van der Waals surface area contributed by atoms with Crippen LogP contribution >= 0.6 is 12.2 Å². The van der Waals surface area contributed by atoms with Crippen molar-refractivity contribution in [3.05, 3.63) is 0 Å². The lowest BCUT2D eigenvalue weighted by Crippen LogP contribution is -2.63. The van der Waals surface area contributed by atoms with Crippen LogP contribution in [0.1, 0.15) is 39.0 Å². The predicted molar refractivity (Wildman–Crippen MR) is 76.4 cm³/mol. The molecule has 0 spiro atoms. The third-order valence-corrected chi connectivity index (χ3v) is 4.84. The molecule has 2 heterocycles. The molecule has 0 aromatic heterocycles. The van der Waals surface area contributed by atoms with E-state index in [1.54, 1.807) is 6.92 Å². The van der Waals surface area contributed by atoms with Crippen LogP contribution in [0.2, 0.25) is 0 Å².